The highest BCUT2D eigenvalue weighted by Crippen LogP contribution is 2.29. The van der Waals surface area contributed by atoms with Crippen molar-refractivity contribution in [1.29, 1.82) is 0 Å². The molecule has 1 N–H and O–H groups in total. The Morgan fingerprint density at radius 3 is 2.30 bits per heavy atom. The van der Waals surface area contributed by atoms with Crippen LogP contribution in [0.2, 0.25) is 0 Å². The van der Waals surface area contributed by atoms with Crippen molar-refractivity contribution in [2.24, 2.45) is 4.99 Å². The lowest BCUT2D eigenvalue weighted by Crippen LogP contribution is -2.38. The summed E-state index contributed by atoms with van der Waals surface area (Å²) in [5.41, 5.74) is 1.03. The van der Waals surface area contributed by atoms with Gasteiger partial charge in [0.1, 0.15) is 0 Å². The van der Waals surface area contributed by atoms with Crippen LogP contribution in [0.1, 0.15) is 16.8 Å². The number of rotatable bonds is 5. The zero-order valence-corrected chi connectivity index (χ0v) is 18.7. The normalized spacial score (nSPS) is 11.7. The third-order valence-electron chi connectivity index (χ3n) is 3.62. The summed E-state index contributed by atoms with van der Waals surface area (Å²) in [5, 5.41) is 6.12. The van der Waals surface area contributed by atoms with Gasteiger partial charge in [0.15, 0.2) is 11.1 Å². The summed E-state index contributed by atoms with van der Waals surface area (Å²) in [6, 6.07) is 5.15. The van der Waals surface area contributed by atoms with Crippen LogP contribution in [0.3, 0.4) is 0 Å². The molecule has 2 aromatic rings. The highest BCUT2D eigenvalue weighted by Gasteiger charge is 2.29. The van der Waals surface area contributed by atoms with Crippen LogP contribution in [-0.4, -0.2) is 44.0 Å². The van der Waals surface area contributed by atoms with Gasteiger partial charge in [-0.1, -0.05) is 12.1 Å². The SMILES string of the molecule is CN=C(NCc1csc(N(C)C)n1)N(C)Cc1ccc(C(F)(F)F)cc1.I. The van der Waals surface area contributed by atoms with Crippen LogP contribution in [0.4, 0.5) is 18.3 Å². The molecule has 5 nitrogen and oxygen atoms in total. The molecule has 0 amide bonds. The molecule has 0 aliphatic heterocycles. The van der Waals surface area contributed by atoms with Gasteiger partial charge in [-0.25, -0.2) is 4.98 Å². The maximum atomic E-state index is 12.6. The van der Waals surface area contributed by atoms with Crippen LogP contribution in [0.5, 0.6) is 0 Å². The van der Waals surface area contributed by atoms with Crippen LogP contribution in [0.25, 0.3) is 0 Å². The number of aliphatic imine (C=N–C) groups is 1. The second-order valence-corrected chi connectivity index (χ2v) is 6.80. The molecule has 0 aliphatic carbocycles. The second-order valence-electron chi connectivity index (χ2n) is 5.97. The van der Waals surface area contributed by atoms with Gasteiger partial charge in [0.2, 0.25) is 0 Å². The minimum absolute atomic E-state index is 0. The Morgan fingerprint density at radius 1 is 1.19 bits per heavy atom. The van der Waals surface area contributed by atoms with Gasteiger partial charge in [-0.2, -0.15) is 13.2 Å². The molecule has 0 bridgehead atoms. The highest BCUT2D eigenvalue weighted by molar-refractivity contribution is 14.0. The van der Waals surface area contributed by atoms with E-state index in [1.165, 1.54) is 12.1 Å². The molecule has 1 heterocycles. The van der Waals surface area contributed by atoms with Crippen molar-refractivity contribution < 1.29 is 13.2 Å². The summed E-state index contributed by atoms with van der Waals surface area (Å²) in [6.07, 6.45) is -4.32. The highest BCUT2D eigenvalue weighted by atomic mass is 127. The number of hydrogen-bond acceptors (Lipinski definition) is 4. The minimum Gasteiger partial charge on any atom is -0.354 e. The summed E-state index contributed by atoms with van der Waals surface area (Å²) in [6.45, 7) is 0.964. The molecule has 0 radical (unpaired) electrons. The number of halogens is 4. The molecule has 0 aliphatic rings. The van der Waals surface area contributed by atoms with Crippen molar-refractivity contribution in [3.05, 3.63) is 46.5 Å². The van der Waals surface area contributed by atoms with Crippen LogP contribution in [0.15, 0.2) is 34.6 Å². The van der Waals surface area contributed by atoms with Gasteiger partial charge in [0.25, 0.3) is 0 Å². The molecule has 0 saturated carbocycles. The molecule has 27 heavy (non-hydrogen) atoms. The van der Waals surface area contributed by atoms with Gasteiger partial charge in [-0.05, 0) is 17.7 Å². The molecule has 2 rings (SSSR count). The Hall–Kier alpha value is -1.56. The van der Waals surface area contributed by atoms with Gasteiger partial charge < -0.3 is 15.1 Å². The Morgan fingerprint density at radius 2 is 1.81 bits per heavy atom. The molecule has 0 unspecified atom stereocenters. The van der Waals surface area contributed by atoms with E-state index < -0.39 is 11.7 Å². The molecule has 150 valence electrons. The molecular formula is C17H23F3IN5S. The molecule has 0 atom stereocenters. The Bertz CT molecular complexity index is 744. The van der Waals surface area contributed by atoms with E-state index in [4.69, 9.17) is 0 Å². The van der Waals surface area contributed by atoms with Crippen LogP contribution in [0, 0.1) is 0 Å². The van der Waals surface area contributed by atoms with E-state index in [0.29, 0.717) is 19.0 Å². The number of guanidine groups is 1. The average molecular weight is 513 g/mol. The lowest BCUT2D eigenvalue weighted by atomic mass is 10.1. The third-order valence-corrected chi connectivity index (χ3v) is 4.68. The number of aromatic nitrogens is 1. The molecule has 0 spiro atoms. The summed E-state index contributed by atoms with van der Waals surface area (Å²) in [4.78, 5) is 12.5. The van der Waals surface area contributed by atoms with Crippen LogP contribution < -0.4 is 10.2 Å². The summed E-state index contributed by atoms with van der Waals surface area (Å²) >= 11 is 1.56. The first-order valence-electron chi connectivity index (χ1n) is 7.90. The topological polar surface area (TPSA) is 43.8 Å². The molecule has 0 fully saturated rings. The smallest absolute Gasteiger partial charge is 0.354 e. The lowest BCUT2D eigenvalue weighted by molar-refractivity contribution is -0.137. The van der Waals surface area contributed by atoms with Crippen molar-refractivity contribution in [1.82, 2.24) is 15.2 Å². The Balaban J connectivity index is 0.00000364. The number of alkyl halides is 3. The van der Waals surface area contributed by atoms with Gasteiger partial charge in [-0.15, -0.1) is 35.3 Å². The van der Waals surface area contributed by atoms with Gasteiger partial charge >= 0.3 is 6.18 Å². The van der Waals surface area contributed by atoms with Crippen molar-refractivity contribution >= 4 is 46.4 Å². The zero-order chi connectivity index (χ0) is 19.3. The maximum absolute atomic E-state index is 12.6. The van der Waals surface area contributed by atoms with E-state index in [1.54, 1.807) is 18.4 Å². The predicted molar refractivity (Wildman–Crippen MR) is 115 cm³/mol. The predicted octanol–water partition coefficient (Wildman–Crippen LogP) is 4.05. The van der Waals surface area contributed by atoms with Crippen molar-refractivity contribution in [2.75, 3.05) is 33.1 Å². The molecule has 1 aromatic heterocycles. The fourth-order valence-electron chi connectivity index (χ4n) is 2.29. The van der Waals surface area contributed by atoms with Crippen molar-refractivity contribution in [3.8, 4) is 0 Å². The quantitative estimate of drug-likeness (QED) is 0.373. The number of nitrogens with one attached hydrogen (secondary N) is 1. The first-order chi connectivity index (χ1) is 12.2. The number of thiazole rings is 1. The van der Waals surface area contributed by atoms with Gasteiger partial charge in [0.05, 0.1) is 17.8 Å². The number of nitrogens with zero attached hydrogens (tertiary/aromatic N) is 4. The van der Waals surface area contributed by atoms with E-state index in [0.717, 1.165) is 28.5 Å². The van der Waals surface area contributed by atoms with E-state index >= 15 is 0 Å². The first-order valence-corrected chi connectivity index (χ1v) is 8.78. The third kappa shape index (κ3) is 6.83. The van der Waals surface area contributed by atoms with E-state index in [1.807, 2.05) is 36.3 Å². The first kappa shape index (κ1) is 23.5. The summed E-state index contributed by atoms with van der Waals surface area (Å²) in [5.74, 6) is 0.643. The van der Waals surface area contributed by atoms with Gasteiger partial charge in [0, 0.05) is 40.1 Å². The molecule has 1 aromatic carbocycles. The molecular weight excluding hydrogens is 490 g/mol. The fourth-order valence-corrected chi connectivity index (χ4v) is 3.04. The zero-order valence-electron chi connectivity index (χ0n) is 15.5. The van der Waals surface area contributed by atoms with Crippen molar-refractivity contribution in [2.45, 2.75) is 19.3 Å². The summed E-state index contributed by atoms with van der Waals surface area (Å²) < 4.78 is 37.9. The van der Waals surface area contributed by atoms with Crippen molar-refractivity contribution in [3.63, 3.8) is 0 Å². The monoisotopic (exact) mass is 513 g/mol. The number of hydrogen-bond donors (Lipinski definition) is 1. The van der Waals surface area contributed by atoms with E-state index in [-0.39, 0.29) is 24.0 Å². The number of anilines is 1. The van der Waals surface area contributed by atoms with E-state index in [2.05, 4.69) is 15.3 Å². The largest absolute Gasteiger partial charge is 0.416 e. The van der Waals surface area contributed by atoms with Gasteiger partial charge in [-0.3, -0.25) is 4.99 Å². The molecule has 0 saturated heterocycles. The number of benzene rings is 1. The summed E-state index contributed by atoms with van der Waals surface area (Å²) in [7, 11) is 7.37. The lowest BCUT2D eigenvalue weighted by Gasteiger charge is -2.22. The Labute approximate surface area is 178 Å². The van der Waals surface area contributed by atoms with Crippen LogP contribution in [-0.2, 0) is 19.3 Å². The van der Waals surface area contributed by atoms with E-state index in [9.17, 15) is 13.2 Å². The standard InChI is InChI=1S/C17H22F3N5S.HI/c1-21-15(22-9-14-11-26-16(23-14)24(2)3)25(4)10-12-5-7-13(8-6-12)17(18,19)20;/h5-8,11H,9-10H2,1-4H3,(H,21,22);1H. The van der Waals surface area contributed by atoms with Crippen LogP contribution >= 0.6 is 35.3 Å². The fraction of sp³-hybridized carbons (Fsp3) is 0.412. The average Bonchev–Trinajstić information content (AvgIpc) is 3.04. The molecule has 10 heteroatoms. The second kappa shape index (κ2) is 10.1. The minimum atomic E-state index is -4.32. The Kier molecular flexibility index (Phi) is 8.79. The maximum Gasteiger partial charge on any atom is 0.416 e.